The van der Waals surface area contributed by atoms with Crippen LogP contribution in [0.15, 0.2) is 48.7 Å². The summed E-state index contributed by atoms with van der Waals surface area (Å²) in [5.74, 6) is 0.541. The van der Waals surface area contributed by atoms with Crippen molar-refractivity contribution in [3.8, 4) is 0 Å². The second-order valence-electron chi connectivity index (χ2n) is 6.32. The fourth-order valence-corrected chi connectivity index (χ4v) is 3.60. The molecule has 0 saturated carbocycles. The van der Waals surface area contributed by atoms with Crippen molar-refractivity contribution in [3.05, 3.63) is 69.8 Å². The van der Waals surface area contributed by atoms with Gasteiger partial charge in [-0.05, 0) is 44.4 Å². The number of amides is 1. The molecule has 0 bridgehead atoms. The quantitative estimate of drug-likeness (QED) is 0.586. The molecule has 7 heteroatoms. The van der Waals surface area contributed by atoms with Gasteiger partial charge in [0.15, 0.2) is 5.13 Å². The molecule has 0 aliphatic heterocycles. The summed E-state index contributed by atoms with van der Waals surface area (Å²) in [5.41, 5.74) is 1.97. The van der Waals surface area contributed by atoms with Gasteiger partial charge in [0.25, 0.3) is 5.91 Å². The molecule has 0 saturated heterocycles. The molecule has 0 spiro atoms. The molecule has 140 valence electrons. The predicted molar refractivity (Wildman–Crippen MR) is 111 cm³/mol. The van der Waals surface area contributed by atoms with Crippen LogP contribution in [0, 0.1) is 6.92 Å². The Morgan fingerprint density at radius 3 is 2.70 bits per heavy atom. The lowest BCUT2D eigenvalue weighted by Crippen LogP contribution is -2.32. The lowest BCUT2D eigenvalue weighted by molar-refractivity contribution is 0.0942. The Balaban J connectivity index is 1.57. The van der Waals surface area contributed by atoms with E-state index in [1.807, 2.05) is 32.0 Å². The first kappa shape index (κ1) is 19.3. The second-order valence-corrected chi connectivity index (χ2v) is 7.75. The number of carbonyl (C=O) groups excluding carboxylic acids is 1. The molecule has 5 nitrogen and oxygen atoms in total. The van der Waals surface area contributed by atoms with Gasteiger partial charge in [0.1, 0.15) is 10.7 Å². The topological polar surface area (TPSA) is 66.9 Å². The minimum atomic E-state index is -0.0947. The number of carbonyl (C=O) groups is 1. The summed E-state index contributed by atoms with van der Waals surface area (Å²) in [6, 6.07) is 13.9. The number of rotatable bonds is 7. The first-order valence-corrected chi connectivity index (χ1v) is 9.91. The van der Waals surface area contributed by atoms with Gasteiger partial charge in [-0.15, -0.1) is 0 Å². The molecular weight excluding hydrogens is 380 g/mol. The van der Waals surface area contributed by atoms with Crippen LogP contribution < -0.4 is 10.6 Å². The number of thiazole rings is 1. The number of nitrogens with one attached hydrogen (secondary N) is 2. The van der Waals surface area contributed by atoms with Crippen LogP contribution in [-0.4, -0.2) is 21.9 Å². The third-order valence-corrected chi connectivity index (χ3v) is 5.35. The van der Waals surface area contributed by atoms with Crippen LogP contribution in [0.25, 0.3) is 0 Å². The van der Waals surface area contributed by atoms with Gasteiger partial charge in [-0.2, -0.15) is 0 Å². The fraction of sp³-hybridized carbons (Fsp3) is 0.250. The van der Waals surface area contributed by atoms with E-state index < -0.39 is 0 Å². The average Bonchev–Trinajstić information content (AvgIpc) is 3.03. The van der Waals surface area contributed by atoms with Crippen molar-refractivity contribution in [1.82, 2.24) is 15.3 Å². The third kappa shape index (κ3) is 5.52. The van der Waals surface area contributed by atoms with E-state index in [2.05, 4.69) is 32.7 Å². The van der Waals surface area contributed by atoms with Crippen LogP contribution in [0.1, 0.15) is 34.3 Å². The highest BCUT2D eigenvalue weighted by atomic mass is 35.5. The summed E-state index contributed by atoms with van der Waals surface area (Å²) in [7, 11) is 0. The SMILES string of the molecule is Cc1nc(Nc2ccc(Cl)cn2)sc1C(=O)N[C@H](C)CCc1ccccc1. The minimum absolute atomic E-state index is 0.0774. The Bertz CT molecular complexity index is 896. The summed E-state index contributed by atoms with van der Waals surface area (Å²) >= 11 is 7.16. The van der Waals surface area contributed by atoms with Crippen molar-refractivity contribution in [2.45, 2.75) is 32.7 Å². The summed E-state index contributed by atoms with van der Waals surface area (Å²) < 4.78 is 0. The second kappa shape index (κ2) is 8.97. The number of aryl methyl sites for hydroxylation is 2. The summed E-state index contributed by atoms with van der Waals surface area (Å²) in [6.07, 6.45) is 3.37. The van der Waals surface area contributed by atoms with E-state index in [0.717, 1.165) is 12.8 Å². The van der Waals surface area contributed by atoms with E-state index >= 15 is 0 Å². The molecule has 3 rings (SSSR count). The van der Waals surface area contributed by atoms with Crippen molar-refractivity contribution >= 4 is 39.8 Å². The molecule has 0 aliphatic carbocycles. The molecule has 1 aromatic carbocycles. The Morgan fingerprint density at radius 2 is 2.00 bits per heavy atom. The molecule has 0 aliphatic rings. The van der Waals surface area contributed by atoms with E-state index in [1.54, 1.807) is 18.3 Å². The summed E-state index contributed by atoms with van der Waals surface area (Å²) in [4.78, 5) is 21.8. The predicted octanol–water partition coefficient (Wildman–Crippen LogP) is 4.99. The van der Waals surface area contributed by atoms with Crippen LogP contribution in [0.2, 0.25) is 5.02 Å². The largest absolute Gasteiger partial charge is 0.349 e. The molecule has 0 unspecified atom stereocenters. The van der Waals surface area contributed by atoms with Crippen LogP contribution >= 0.6 is 22.9 Å². The standard InChI is InChI=1S/C20H21ClN4OS/c1-13(8-9-15-6-4-3-5-7-15)23-19(26)18-14(2)24-20(27-18)25-17-11-10-16(21)12-22-17/h3-7,10-13H,8-9H2,1-2H3,(H,23,26)(H,22,24,25)/t13-/m1/s1. The van der Waals surface area contributed by atoms with E-state index in [0.29, 0.717) is 26.5 Å². The number of pyridine rings is 1. The number of nitrogens with zero attached hydrogens (tertiary/aromatic N) is 2. The van der Waals surface area contributed by atoms with E-state index in [-0.39, 0.29) is 11.9 Å². The lowest BCUT2D eigenvalue weighted by Gasteiger charge is -2.13. The van der Waals surface area contributed by atoms with Gasteiger partial charge < -0.3 is 10.6 Å². The van der Waals surface area contributed by atoms with Crippen LogP contribution in [0.3, 0.4) is 0 Å². The Morgan fingerprint density at radius 1 is 1.22 bits per heavy atom. The zero-order valence-corrected chi connectivity index (χ0v) is 16.8. The van der Waals surface area contributed by atoms with Gasteiger partial charge in [0.05, 0.1) is 10.7 Å². The van der Waals surface area contributed by atoms with Crippen molar-refractivity contribution in [2.75, 3.05) is 5.32 Å². The molecule has 3 aromatic rings. The molecule has 0 radical (unpaired) electrons. The van der Waals surface area contributed by atoms with Gasteiger partial charge in [-0.3, -0.25) is 4.79 Å². The van der Waals surface area contributed by atoms with Gasteiger partial charge in [-0.25, -0.2) is 9.97 Å². The number of anilines is 2. The highest BCUT2D eigenvalue weighted by Crippen LogP contribution is 2.25. The Kier molecular flexibility index (Phi) is 6.42. The molecular formula is C20H21ClN4OS. The minimum Gasteiger partial charge on any atom is -0.349 e. The Labute approximate surface area is 167 Å². The van der Waals surface area contributed by atoms with E-state index in [4.69, 9.17) is 11.6 Å². The van der Waals surface area contributed by atoms with Gasteiger partial charge >= 0.3 is 0 Å². The van der Waals surface area contributed by atoms with Crippen molar-refractivity contribution < 1.29 is 4.79 Å². The summed E-state index contributed by atoms with van der Waals surface area (Å²) in [5, 5.41) is 7.37. The third-order valence-electron chi connectivity index (χ3n) is 4.05. The van der Waals surface area contributed by atoms with E-state index in [1.165, 1.54) is 16.9 Å². The number of hydrogen-bond acceptors (Lipinski definition) is 5. The molecule has 27 heavy (non-hydrogen) atoms. The van der Waals surface area contributed by atoms with Gasteiger partial charge in [0, 0.05) is 12.2 Å². The highest BCUT2D eigenvalue weighted by Gasteiger charge is 2.17. The monoisotopic (exact) mass is 400 g/mol. The van der Waals surface area contributed by atoms with E-state index in [9.17, 15) is 4.79 Å². The van der Waals surface area contributed by atoms with Gasteiger partial charge in [0.2, 0.25) is 0 Å². The average molecular weight is 401 g/mol. The fourth-order valence-electron chi connectivity index (χ4n) is 2.61. The normalized spacial score (nSPS) is 11.8. The number of benzene rings is 1. The summed E-state index contributed by atoms with van der Waals surface area (Å²) in [6.45, 7) is 3.86. The maximum atomic E-state index is 12.6. The molecule has 1 amide bonds. The molecule has 2 aromatic heterocycles. The number of halogens is 1. The van der Waals surface area contributed by atoms with Crippen molar-refractivity contribution in [3.63, 3.8) is 0 Å². The maximum absolute atomic E-state index is 12.6. The zero-order valence-electron chi connectivity index (χ0n) is 15.2. The first-order chi connectivity index (χ1) is 13.0. The smallest absolute Gasteiger partial charge is 0.263 e. The van der Waals surface area contributed by atoms with Crippen LogP contribution in [0.4, 0.5) is 10.9 Å². The number of hydrogen-bond donors (Lipinski definition) is 2. The zero-order chi connectivity index (χ0) is 19.2. The van der Waals surface area contributed by atoms with Crippen molar-refractivity contribution in [1.29, 1.82) is 0 Å². The Hall–Kier alpha value is -2.44. The first-order valence-electron chi connectivity index (χ1n) is 8.72. The highest BCUT2D eigenvalue weighted by molar-refractivity contribution is 7.17. The number of aromatic nitrogens is 2. The molecule has 0 fully saturated rings. The van der Waals surface area contributed by atoms with Gasteiger partial charge in [-0.1, -0.05) is 53.3 Å². The van der Waals surface area contributed by atoms with Crippen molar-refractivity contribution in [2.24, 2.45) is 0 Å². The van der Waals surface area contributed by atoms with Crippen LogP contribution in [0.5, 0.6) is 0 Å². The molecule has 2 heterocycles. The molecule has 2 N–H and O–H groups in total. The van der Waals surface area contributed by atoms with Crippen LogP contribution in [-0.2, 0) is 6.42 Å². The molecule has 1 atom stereocenters. The maximum Gasteiger partial charge on any atom is 0.263 e. The lowest BCUT2D eigenvalue weighted by atomic mass is 10.1.